The van der Waals surface area contributed by atoms with Crippen LogP contribution in [0, 0.1) is 6.92 Å². The summed E-state index contributed by atoms with van der Waals surface area (Å²) in [6.07, 6.45) is 2.32. The molecule has 0 aliphatic carbocycles. The van der Waals surface area contributed by atoms with Crippen molar-refractivity contribution in [1.29, 1.82) is 0 Å². The molecule has 5 heteroatoms. The molecule has 2 heterocycles. The zero-order valence-corrected chi connectivity index (χ0v) is 14.2. The molecule has 1 aliphatic heterocycles. The molecular weight excluding hydrogens is 286 g/mol. The van der Waals surface area contributed by atoms with Crippen molar-refractivity contribution in [1.82, 2.24) is 14.9 Å². The van der Waals surface area contributed by atoms with E-state index >= 15 is 0 Å². The van der Waals surface area contributed by atoms with Gasteiger partial charge in [-0.1, -0.05) is 24.3 Å². The largest absolute Gasteiger partial charge is 0.368 e. The summed E-state index contributed by atoms with van der Waals surface area (Å²) in [6, 6.07) is 11.3. The summed E-state index contributed by atoms with van der Waals surface area (Å²) >= 11 is 0. The summed E-state index contributed by atoms with van der Waals surface area (Å²) in [5, 5.41) is 0. The van der Waals surface area contributed by atoms with Gasteiger partial charge in [0, 0.05) is 24.8 Å². The lowest BCUT2D eigenvalue weighted by molar-refractivity contribution is 0.402. The topological polar surface area (TPSA) is 58.3 Å². The van der Waals surface area contributed by atoms with Crippen LogP contribution in [0.15, 0.2) is 30.3 Å². The van der Waals surface area contributed by atoms with Crippen LogP contribution in [0.5, 0.6) is 0 Å². The maximum atomic E-state index is 5.82. The fourth-order valence-electron chi connectivity index (χ4n) is 3.32. The van der Waals surface area contributed by atoms with Crippen molar-refractivity contribution in [3.05, 3.63) is 47.2 Å². The van der Waals surface area contributed by atoms with Crippen molar-refractivity contribution in [2.24, 2.45) is 0 Å². The molecule has 1 aromatic heterocycles. The molecule has 0 spiro atoms. The lowest BCUT2D eigenvalue weighted by Crippen LogP contribution is -2.24. The molecule has 1 aliphatic rings. The van der Waals surface area contributed by atoms with Gasteiger partial charge in [-0.15, -0.1) is 0 Å². The zero-order chi connectivity index (χ0) is 16.4. The highest BCUT2D eigenvalue weighted by molar-refractivity contribution is 5.47. The van der Waals surface area contributed by atoms with Crippen molar-refractivity contribution in [3.63, 3.8) is 0 Å². The predicted molar refractivity (Wildman–Crippen MR) is 94.3 cm³/mol. The third-order valence-corrected chi connectivity index (χ3v) is 4.27. The van der Waals surface area contributed by atoms with Crippen LogP contribution < -0.4 is 10.6 Å². The minimum absolute atomic E-state index is 0.354. The molecule has 0 saturated carbocycles. The molecule has 3 rings (SSSR count). The van der Waals surface area contributed by atoms with Gasteiger partial charge in [-0.3, -0.25) is 0 Å². The van der Waals surface area contributed by atoms with E-state index in [1.807, 2.05) is 13.0 Å². The number of nitrogens with two attached hydrogens (primary N) is 1. The Balaban J connectivity index is 1.83. The highest BCUT2D eigenvalue weighted by atomic mass is 15.2. The molecule has 2 N–H and O–H groups in total. The van der Waals surface area contributed by atoms with E-state index < -0.39 is 0 Å². The molecule has 5 nitrogen and oxygen atoms in total. The molecule has 1 aromatic carbocycles. The van der Waals surface area contributed by atoms with Gasteiger partial charge in [0.25, 0.3) is 0 Å². The number of nitrogens with zero attached hydrogens (tertiary/aromatic N) is 4. The van der Waals surface area contributed by atoms with Crippen LogP contribution in [0.2, 0.25) is 0 Å². The molecule has 0 bridgehead atoms. The first-order valence-corrected chi connectivity index (χ1v) is 8.14. The average Bonchev–Trinajstić information content (AvgIpc) is 2.96. The number of anilines is 2. The molecule has 1 unspecified atom stereocenters. The Morgan fingerprint density at radius 2 is 1.96 bits per heavy atom. The number of hydrogen-bond acceptors (Lipinski definition) is 5. The van der Waals surface area contributed by atoms with Crippen LogP contribution in [0.4, 0.5) is 11.8 Å². The van der Waals surface area contributed by atoms with E-state index in [0.29, 0.717) is 12.0 Å². The molecule has 23 heavy (non-hydrogen) atoms. The molecular formula is C18H25N5. The Labute approximate surface area is 138 Å². The SMILES string of the molecule is Cc1cc(N2CCCC2c2ccc(CN(C)C)cc2)nc(N)n1. The van der Waals surface area contributed by atoms with E-state index in [1.165, 1.54) is 17.5 Å². The first kappa shape index (κ1) is 15.7. The fraction of sp³-hybridized carbons (Fsp3) is 0.444. The Hall–Kier alpha value is -2.14. The molecule has 2 aromatic rings. The van der Waals surface area contributed by atoms with Gasteiger partial charge in [0.05, 0.1) is 6.04 Å². The van der Waals surface area contributed by atoms with Gasteiger partial charge >= 0.3 is 0 Å². The lowest BCUT2D eigenvalue weighted by Gasteiger charge is -2.26. The van der Waals surface area contributed by atoms with Crippen molar-refractivity contribution in [2.45, 2.75) is 32.4 Å². The summed E-state index contributed by atoms with van der Waals surface area (Å²) in [6.45, 7) is 3.94. The molecule has 0 amide bonds. The third-order valence-electron chi connectivity index (χ3n) is 4.27. The summed E-state index contributed by atoms with van der Waals surface area (Å²) in [4.78, 5) is 13.1. The lowest BCUT2D eigenvalue weighted by atomic mass is 10.0. The number of aryl methyl sites for hydroxylation is 1. The van der Waals surface area contributed by atoms with Crippen LogP contribution in [0.1, 0.15) is 35.7 Å². The minimum atomic E-state index is 0.354. The Morgan fingerprint density at radius 1 is 1.22 bits per heavy atom. The number of aromatic nitrogens is 2. The van der Waals surface area contributed by atoms with Crippen molar-refractivity contribution < 1.29 is 0 Å². The van der Waals surface area contributed by atoms with E-state index in [9.17, 15) is 0 Å². The number of nitrogen functional groups attached to an aromatic ring is 1. The monoisotopic (exact) mass is 311 g/mol. The Kier molecular flexibility index (Phi) is 4.48. The van der Waals surface area contributed by atoms with E-state index in [2.05, 4.69) is 58.1 Å². The van der Waals surface area contributed by atoms with E-state index in [4.69, 9.17) is 5.73 Å². The second-order valence-corrected chi connectivity index (χ2v) is 6.56. The van der Waals surface area contributed by atoms with Crippen molar-refractivity contribution in [3.8, 4) is 0 Å². The Morgan fingerprint density at radius 3 is 2.61 bits per heavy atom. The van der Waals surface area contributed by atoms with Gasteiger partial charge in [0.15, 0.2) is 0 Å². The van der Waals surface area contributed by atoms with Gasteiger partial charge < -0.3 is 15.5 Å². The smallest absolute Gasteiger partial charge is 0.222 e. The van der Waals surface area contributed by atoms with Crippen LogP contribution in [-0.4, -0.2) is 35.5 Å². The van der Waals surface area contributed by atoms with Crippen LogP contribution in [0.25, 0.3) is 0 Å². The fourth-order valence-corrected chi connectivity index (χ4v) is 3.32. The molecule has 0 radical (unpaired) electrons. The summed E-state index contributed by atoms with van der Waals surface area (Å²) in [7, 11) is 4.18. The molecule has 122 valence electrons. The van der Waals surface area contributed by atoms with E-state index in [-0.39, 0.29) is 0 Å². The molecule has 1 fully saturated rings. The normalized spacial score (nSPS) is 17.9. The van der Waals surface area contributed by atoms with Gasteiger partial charge in [0.1, 0.15) is 5.82 Å². The van der Waals surface area contributed by atoms with Gasteiger partial charge in [0.2, 0.25) is 5.95 Å². The Bertz CT molecular complexity index is 645. The highest BCUT2D eigenvalue weighted by Crippen LogP contribution is 2.35. The standard InChI is InChI=1S/C18H25N5/c1-13-11-17(21-18(19)20-13)23-10-4-5-16(23)15-8-6-14(7-9-15)12-22(2)3/h6-9,11,16H,4-5,10,12H2,1-3H3,(H2,19,20,21). The number of hydrogen-bond donors (Lipinski definition) is 1. The summed E-state index contributed by atoms with van der Waals surface area (Å²) < 4.78 is 0. The average molecular weight is 311 g/mol. The third kappa shape index (κ3) is 3.62. The van der Waals surface area contributed by atoms with Gasteiger partial charge in [-0.25, -0.2) is 4.98 Å². The quantitative estimate of drug-likeness (QED) is 0.941. The van der Waals surface area contributed by atoms with E-state index in [0.717, 1.165) is 31.0 Å². The van der Waals surface area contributed by atoms with Crippen LogP contribution in [0.3, 0.4) is 0 Å². The zero-order valence-electron chi connectivity index (χ0n) is 14.2. The first-order valence-electron chi connectivity index (χ1n) is 8.14. The summed E-state index contributed by atoms with van der Waals surface area (Å²) in [5.41, 5.74) is 9.43. The van der Waals surface area contributed by atoms with E-state index in [1.54, 1.807) is 0 Å². The van der Waals surface area contributed by atoms with Gasteiger partial charge in [-0.05, 0) is 45.0 Å². The maximum absolute atomic E-state index is 5.82. The highest BCUT2D eigenvalue weighted by Gasteiger charge is 2.27. The first-order chi connectivity index (χ1) is 11.0. The van der Waals surface area contributed by atoms with Crippen molar-refractivity contribution in [2.75, 3.05) is 31.3 Å². The molecule has 1 atom stereocenters. The maximum Gasteiger partial charge on any atom is 0.222 e. The predicted octanol–water partition coefficient (Wildman–Crippen LogP) is 2.77. The van der Waals surface area contributed by atoms with Crippen LogP contribution >= 0.6 is 0 Å². The number of rotatable bonds is 4. The molecule has 1 saturated heterocycles. The number of benzene rings is 1. The van der Waals surface area contributed by atoms with Crippen molar-refractivity contribution >= 4 is 11.8 Å². The minimum Gasteiger partial charge on any atom is -0.368 e. The second kappa shape index (κ2) is 6.54. The van der Waals surface area contributed by atoms with Gasteiger partial charge in [-0.2, -0.15) is 4.98 Å². The summed E-state index contributed by atoms with van der Waals surface area (Å²) in [5.74, 6) is 1.29. The second-order valence-electron chi connectivity index (χ2n) is 6.56. The van der Waals surface area contributed by atoms with Crippen LogP contribution in [-0.2, 0) is 6.54 Å².